The van der Waals surface area contributed by atoms with Crippen molar-refractivity contribution in [3.8, 4) is 0 Å². The molecule has 68 valence electrons. The fourth-order valence-corrected chi connectivity index (χ4v) is 1.73. The van der Waals surface area contributed by atoms with Gasteiger partial charge in [0.15, 0.2) is 0 Å². The number of hydrogen-bond donors (Lipinski definition) is 1. The Balaban J connectivity index is 2.26. The second-order valence-corrected chi connectivity index (χ2v) is 3.90. The quantitative estimate of drug-likeness (QED) is 0.667. The molecule has 0 saturated carbocycles. The van der Waals surface area contributed by atoms with Crippen LogP contribution < -0.4 is 5.32 Å². The smallest absolute Gasteiger partial charge is 0.249 e. The molecule has 4 heteroatoms. The minimum absolute atomic E-state index is 0.0297. The summed E-state index contributed by atoms with van der Waals surface area (Å²) in [4.78, 5) is 15.2. The predicted molar refractivity (Wildman–Crippen MR) is 52.7 cm³/mol. The molecular weight excluding hydrogens is 172 g/mol. The van der Waals surface area contributed by atoms with E-state index < -0.39 is 0 Å². The van der Waals surface area contributed by atoms with Crippen LogP contribution in [0.2, 0.25) is 0 Å². The minimum atomic E-state index is -0.178. The van der Waals surface area contributed by atoms with Crippen LogP contribution in [-0.2, 0) is 4.79 Å². The molecule has 1 amide bonds. The molecule has 1 aliphatic heterocycles. The third-order valence-electron chi connectivity index (χ3n) is 1.58. The summed E-state index contributed by atoms with van der Waals surface area (Å²) in [6.45, 7) is 3.96. The van der Waals surface area contributed by atoms with E-state index in [0.717, 1.165) is 17.3 Å². The first kappa shape index (κ1) is 9.58. The summed E-state index contributed by atoms with van der Waals surface area (Å²) >= 11 is 1.81. The Hall–Kier alpha value is -0.510. The number of carbonyl (C=O) groups is 1. The molecule has 0 fully saturated rings. The number of aliphatic imine (C=N–C) groups is 1. The van der Waals surface area contributed by atoms with Crippen LogP contribution in [0.3, 0.4) is 0 Å². The minimum Gasteiger partial charge on any atom is -0.312 e. The van der Waals surface area contributed by atoms with Crippen LogP contribution in [-0.4, -0.2) is 29.3 Å². The summed E-state index contributed by atoms with van der Waals surface area (Å²) in [6, 6.07) is -0.178. The molecule has 1 rings (SSSR count). The number of hydrogen-bond acceptors (Lipinski definition) is 3. The van der Waals surface area contributed by atoms with Crippen LogP contribution in [0.1, 0.15) is 20.3 Å². The van der Waals surface area contributed by atoms with E-state index in [2.05, 4.69) is 17.2 Å². The van der Waals surface area contributed by atoms with Crippen LogP contribution in [0.15, 0.2) is 4.99 Å². The van der Waals surface area contributed by atoms with E-state index in [0.29, 0.717) is 0 Å². The highest BCUT2D eigenvalue weighted by molar-refractivity contribution is 7.99. The molecule has 0 aromatic carbocycles. The van der Waals surface area contributed by atoms with Gasteiger partial charge in [0.1, 0.15) is 11.9 Å². The van der Waals surface area contributed by atoms with Crippen molar-refractivity contribution in [2.75, 3.05) is 11.5 Å². The summed E-state index contributed by atoms with van der Waals surface area (Å²) in [6.07, 6.45) is 1.17. The van der Waals surface area contributed by atoms with Crippen LogP contribution >= 0.6 is 11.8 Å². The van der Waals surface area contributed by atoms with Gasteiger partial charge in [-0.05, 0) is 19.1 Å². The van der Waals surface area contributed by atoms with Crippen LogP contribution in [0.4, 0.5) is 0 Å². The van der Waals surface area contributed by atoms with Crippen LogP contribution in [0.25, 0.3) is 0 Å². The third kappa shape index (κ3) is 2.52. The zero-order valence-corrected chi connectivity index (χ0v) is 8.28. The number of rotatable bonds is 4. The van der Waals surface area contributed by atoms with Crippen molar-refractivity contribution in [1.82, 2.24) is 5.32 Å². The Kier molecular flexibility index (Phi) is 3.59. The van der Waals surface area contributed by atoms with Gasteiger partial charge < -0.3 is 5.32 Å². The molecule has 1 heterocycles. The molecular formula is C8H14N2OS. The normalized spacial score (nSPS) is 22.3. The number of amidine groups is 1. The molecule has 0 spiro atoms. The van der Waals surface area contributed by atoms with Gasteiger partial charge in [0.05, 0.1) is 5.75 Å². The second-order valence-electron chi connectivity index (χ2n) is 2.79. The first-order valence-electron chi connectivity index (χ1n) is 4.19. The molecule has 1 unspecified atom stereocenters. The average molecular weight is 186 g/mol. The highest BCUT2D eigenvalue weighted by atomic mass is 32.2. The van der Waals surface area contributed by atoms with Crippen molar-refractivity contribution in [3.63, 3.8) is 0 Å². The summed E-state index contributed by atoms with van der Waals surface area (Å²) in [5.74, 6) is 2.83. The average Bonchev–Trinajstić information content (AvgIpc) is 2.32. The third-order valence-corrected chi connectivity index (χ3v) is 2.76. The Morgan fingerprint density at radius 2 is 2.42 bits per heavy atom. The fourth-order valence-electron chi connectivity index (χ4n) is 0.958. The summed E-state index contributed by atoms with van der Waals surface area (Å²) < 4.78 is 0. The van der Waals surface area contributed by atoms with Gasteiger partial charge in [-0.2, -0.15) is 11.8 Å². The van der Waals surface area contributed by atoms with E-state index in [9.17, 15) is 4.79 Å². The first-order valence-corrected chi connectivity index (χ1v) is 5.34. The monoisotopic (exact) mass is 186 g/mol. The van der Waals surface area contributed by atoms with Gasteiger partial charge in [0.25, 0.3) is 0 Å². The lowest BCUT2D eigenvalue weighted by Crippen LogP contribution is -2.28. The van der Waals surface area contributed by atoms with Crippen molar-refractivity contribution in [3.05, 3.63) is 0 Å². The van der Waals surface area contributed by atoms with Crippen molar-refractivity contribution in [2.45, 2.75) is 26.3 Å². The molecule has 12 heavy (non-hydrogen) atoms. The van der Waals surface area contributed by atoms with Gasteiger partial charge in [-0.25, -0.2) is 0 Å². The lowest BCUT2D eigenvalue weighted by molar-refractivity contribution is -0.119. The first-order chi connectivity index (χ1) is 5.74. The Morgan fingerprint density at radius 3 is 2.92 bits per heavy atom. The van der Waals surface area contributed by atoms with E-state index >= 15 is 0 Å². The van der Waals surface area contributed by atoms with E-state index in [4.69, 9.17) is 0 Å². The molecule has 0 radical (unpaired) electrons. The molecule has 3 nitrogen and oxygen atoms in total. The number of amides is 1. The standard InChI is InChI=1S/C8H14N2OS/c1-3-4-12-5-7-9-6(2)8(11)10-7/h6H,3-5H2,1-2H3,(H,9,10,11). The molecule has 0 saturated heterocycles. The van der Waals surface area contributed by atoms with E-state index in [-0.39, 0.29) is 11.9 Å². The molecule has 1 atom stereocenters. The molecule has 0 aromatic heterocycles. The van der Waals surface area contributed by atoms with E-state index in [1.807, 2.05) is 18.7 Å². The second kappa shape index (κ2) is 4.50. The molecule has 0 aromatic rings. The van der Waals surface area contributed by atoms with Gasteiger partial charge >= 0.3 is 0 Å². The summed E-state index contributed by atoms with van der Waals surface area (Å²) in [5.41, 5.74) is 0. The fraction of sp³-hybridized carbons (Fsp3) is 0.750. The molecule has 0 bridgehead atoms. The topological polar surface area (TPSA) is 41.5 Å². The zero-order chi connectivity index (χ0) is 8.97. The van der Waals surface area contributed by atoms with Gasteiger partial charge in [0, 0.05) is 0 Å². The molecule has 1 N–H and O–H groups in total. The largest absolute Gasteiger partial charge is 0.312 e. The van der Waals surface area contributed by atoms with Crippen LogP contribution in [0.5, 0.6) is 0 Å². The van der Waals surface area contributed by atoms with Crippen molar-refractivity contribution >= 4 is 23.5 Å². The van der Waals surface area contributed by atoms with Gasteiger partial charge in [0.2, 0.25) is 5.91 Å². The van der Waals surface area contributed by atoms with Gasteiger partial charge in [-0.1, -0.05) is 6.92 Å². The zero-order valence-electron chi connectivity index (χ0n) is 7.46. The lowest BCUT2D eigenvalue weighted by atomic mass is 10.4. The van der Waals surface area contributed by atoms with Crippen molar-refractivity contribution < 1.29 is 4.79 Å². The SMILES string of the molecule is CCCSCC1=NC(C)C(=O)N1. The maximum Gasteiger partial charge on any atom is 0.249 e. The highest BCUT2D eigenvalue weighted by Crippen LogP contribution is 2.06. The predicted octanol–water partition coefficient (Wildman–Crippen LogP) is 1.05. The van der Waals surface area contributed by atoms with Crippen LogP contribution in [0, 0.1) is 0 Å². The number of thioether (sulfide) groups is 1. The number of nitrogens with zero attached hydrogens (tertiary/aromatic N) is 1. The van der Waals surface area contributed by atoms with Gasteiger partial charge in [-0.15, -0.1) is 0 Å². The summed E-state index contributed by atoms with van der Waals surface area (Å²) in [7, 11) is 0. The summed E-state index contributed by atoms with van der Waals surface area (Å²) in [5, 5.41) is 2.75. The maximum absolute atomic E-state index is 11.0. The lowest BCUT2D eigenvalue weighted by Gasteiger charge is -1.98. The van der Waals surface area contributed by atoms with Crippen molar-refractivity contribution in [1.29, 1.82) is 0 Å². The van der Waals surface area contributed by atoms with E-state index in [1.165, 1.54) is 6.42 Å². The molecule has 1 aliphatic rings. The Morgan fingerprint density at radius 1 is 1.67 bits per heavy atom. The Labute approximate surface area is 77.0 Å². The number of carbonyl (C=O) groups excluding carboxylic acids is 1. The maximum atomic E-state index is 11.0. The van der Waals surface area contributed by atoms with E-state index in [1.54, 1.807) is 0 Å². The number of nitrogens with one attached hydrogen (secondary N) is 1. The molecule has 0 aliphatic carbocycles. The Bertz CT molecular complexity index is 203. The van der Waals surface area contributed by atoms with Crippen molar-refractivity contribution in [2.24, 2.45) is 4.99 Å². The van der Waals surface area contributed by atoms with Gasteiger partial charge in [-0.3, -0.25) is 9.79 Å². The highest BCUT2D eigenvalue weighted by Gasteiger charge is 2.20.